The number of allylic oxidation sites excluding steroid dienone is 2. The average molecular weight is 478 g/mol. The third kappa shape index (κ3) is 5.20. The summed E-state index contributed by atoms with van der Waals surface area (Å²) < 4.78 is 44.3. The molecule has 182 valence electrons. The SMILES string of the molecule is C=c1c(C(O)(CN2CCNC(=O)C2)C(F)(F)F)cn(Cc2ccccc2)/c1=C/C(=C\C)[N+](=O)[O-]. The zero-order valence-corrected chi connectivity index (χ0v) is 18.5. The number of alkyl halides is 3. The number of carbonyl (C=O) groups is 1. The third-order valence-corrected chi connectivity index (χ3v) is 5.70. The zero-order valence-electron chi connectivity index (χ0n) is 18.5. The van der Waals surface area contributed by atoms with Crippen molar-refractivity contribution in [1.29, 1.82) is 0 Å². The van der Waals surface area contributed by atoms with Crippen LogP contribution < -0.4 is 15.9 Å². The van der Waals surface area contributed by atoms with E-state index in [1.165, 1.54) is 22.5 Å². The Kier molecular flexibility index (Phi) is 7.27. The van der Waals surface area contributed by atoms with Gasteiger partial charge in [-0.2, -0.15) is 13.2 Å². The molecule has 2 heterocycles. The van der Waals surface area contributed by atoms with Crippen LogP contribution in [0.25, 0.3) is 12.7 Å². The summed E-state index contributed by atoms with van der Waals surface area (Å²) >= 11 is 0. The van der Waals surface area contributed by atoms with E-state index in [-0.39, 0.29) is 42.4 Å². The summed E-state index contributed by atoms with van der Waals surface area (Å²) in [5.74, 6) is -0.440. The molecule has 3 rings (SSSR count). The quantitative estimate of drug-likeness (QED) is 0.459. The molecular weight excluding hydrogens is 453 g/mol. The normalized spacial score (nSPS) is 18.0. The first-order chi connectivity index (χ1) is 16.0. The van der Waals surface area contributed by atoms with E-state index in [4.69, 9.17) is 0 Å². The van der Waals surface area contributed by atoms with Crippen LogP contribution in [0.2, 0.25) is 0 Å². The molecule has 1 saturated heterocycles. The molecule has 1 unspecified atom stereocenters. The van der Waals surface area contributed by atoms with E-state index >= 15 is 0 Å². The summed E-state index contributed by atoms with van der Waals surface area (Å²) in [7, 11) is 0. The van der Waals surface area contributed by atoms with Crippen LogP contribution in [0.5, 0.6) is 0 Å². The Morgan fingerprint density at radius 2 is 2.00 bits per heavy atom. The third-order valence-electron chi connectivity index (χ3n) is 5.70. The van der Waals surface area contributed by atoms with Crippen molar-refractivity contribution in [3.8, 4) is 0 Å². The van der Waals surface area contributed by atoms with E-state index in [1.807, 2.05) is 0 Å². The van der Waals surface area contributed by atoms with Gasteiger partial charge in [0.15, 0.2) is 0 Å². The van der Waals surface area contributed by atoms with Crippen LogP contribution in [0.1, 0.15) is 18.1 Å². The largest absolute Gasteiger partial charge is 0.422 e. The molecule has 0 aliphatic carbocycles. The minimum atomic E-state index is -5.10. The van der Waals surface area contributed by atoms with Gasteiger partial charge in [-0.05, 0) is 23.8 Å². The number of amides is 1. The van der Waals surface area contributed by atoms with Gasteiger partial charge in [-0.3, -0.25) is 19.8 Å². The molecule has 0 spiro atoms. The van der Waals surface area contributed by atoms with Crippen molar-refractivity contribution in [2.24, 2.45) is 0 Å². The van der Waals surface area contributed by atoms with Crippen molar-refractivity contribution in [3.63, 3.8) is 0 Å². The number of halogens is 3. The molecule has 1 atom stereocenters. The van der Waals surface area contributed by atoms with Gasteiger partial charge in [-0.1, -0.05) is 36.9 Å². The van der Waals surface area contributed by atoms with Crippen molar-refractivity contribution >= 4 is 18.6 Å². The number of nitro groups is 1. The van der Waals surface area contributed by atoms with Gasteiger partial charge in [0.25, 0.3) is 5.70 Å². The molecule has 1 aromatic heterocycles. The van der Waals surface area contributed by atoms with Crippen LogP contribution in [0, 0.1) is 10.1 Å². The summed E-state index contributed by atoms with van der Waals surface area (Å²) in [6.07, 6.45) is -1.61. The zero-order chi connectivity index (χ0) is 25.1. The molecule has 2 aromatic rings. The average Bonchev–Trinajstić information content (AvgIpc) is 3.07. The fourth-order valence-electron chi connectivity index (χ4n) is 3.91. The highest BCUT2D eigenvalue weighted by Crippen LogP contribution is 2.38. The van der Waals surface area contributed by atoms with Gasteiger partial charge in [0.05, 0.1) is 16.8 Å². The molecule has 1 aromatic carbocycles. The van der Waals surface area contributed by atoms with Gasteiger partial charge in [0.2, 0.25) is 11.5 Å². The predicted molar refractivity (Wildman–Crippen MR) is 119 cm³/mol. The fourth-order valence-corrected chi connectivity index (χ4v) is 3.91. The lowest BCUT2D eigenvalue weighted by atomic mass is 9.93. The van der Waals surface area contributed by atoms with Crippen molar-refractivity contribution in [2.75, 3.05) is 26.2 Å². The number of piperazine rings is 1. The molecule has 11 heteroatoms. The van der Waals surface area contributed by atoms with Crippen LogP contribution in [0.4, 0.5) is 13.2 Å². The maximum atomic E-state index is 14.3. The lowest BCUT2D eigenvalue weighted by Crippen LogP contribution is -2.57. The lowest BCUT2D eigenvalue weighted by molar-refractivity contribution is -0.416. The van der Waals surface area contributed by atoms with E-state index in [0.717, 1.165) is 17.8 Å². The Hall–Kier alpha value is -3.44. The van der Waals surface area contributed by atoms with Crippen LogP contribution in [-0.2, 0) is 16.9 Å². The molecule has 0 radical (unpaired) electrons. The number of β-amino-alcohol motifs (C(OH)–C–C–N with tert-alkyl or cyclic N) is 1. The molecule has 1 aliphatic rings. The second-order valence-corrected chi connectivity index (χ2v) is 8.05. The maximum absolute atomic E-state index is 14.3. The summed E-state index contributed by atoms with van der Waals surface area (Å²) in [5.41, 5.74) is -3.46. The standard InChI is InChI=1S/C23H25F3N4O4/c1-3-18(30(33)34)11-20-16(2)19(13-29(20)12-17-7-5-4-6-8-17)22(32,23(24,25)26)15-28-10-9-27-21(31)14-28/h3-8,11,13,32H,2,9-10,12,14-15H2,1H3,(H,27,31)/b18-3+,20-11+. The van der Waals surface area contributed by atoms with Gasteiger partial charge >= 0.3 is 6.18 Å². The van der Waals surface area contributed by atoms with Crippen molar-refractivity contribution < 1.29 is 28.0 Å². The highest BCUT2D eigenvalue weighted by atomic mass is 19.4. The highest BCUT2D eigenvalue weighted by molar-refractivity contribution is 5.78. The van der Waals surface area contributed by atoms with Crippen LogP contribution in [0.3, 0.4) is 0 Å². The number of rotatable bonds is 7. The summed E-state index contributed by atoms with van der Waals surface area (Å²) in [5, 5.41) is 24.8. The lowest BCUT2D eigenvalue weighted by Gasteiger charge is -2.36. The van der Waals surface area contributed by atoms with E-state index in [0.29, 0.717) is 0 Å². The number of nitrogens with zero attached hydrogens (tertiary/aromatic N) is 3. The molecule has 2 N–H and O–H groups in total. The van der Waals surface area contributed by atoms with Gasteiger partial charge in [0.1, 0.15) is 0 Å². The molecule has 0 saturated carbocycles. The number of nitrogens with one attached hydrogen (secondary N) is 1. The number of benzene rings is 1. The van der Waals surface area contributed by atoms with E-state index in [1.54, 1.807) is 30.3 Å². The molecule has 0 bridgehead atoms. The number of hydrogen-bond acceptors (Lipinski definition) is 5. The minimum absolute atomic E-state index is 0.0720. The number of hydrogen-bond donors (Lipinski definition) is 2. The first kappa shape index (κ1) is 25.2. The predicted octanol–water partition coefficient (Wildman–Crippen LogP) is 1.09. The molecule has 1 amide bonds. The first-order valence-corrected chi connectivity index (χ1v) is 10.5. The minimum Gasteiger partial charge on any atom is -0.375 e. The number of carbonyl (C=O) groups excluding carboxylic acids is 1. The Morgan fingerprint density at radius 1 is 1.32 bits per heavy atom. The second-order valence-electron chi connectivity index (χ2n) is 8.05. The van der Waals surface area contributed by atoms with Gasteiger partial charge in [-0.25, -0.2) is 0 Å². The van der Waals surface area contributed by atoms with Crippen molar-refractivity contribution in [3.05, 3.63) is 80.1 Å². The van der Waals surface area contributed by atoms with Gasteiger partial charge in [-0.15, -0.1) is 0 Å². The molecule has 1 aliphatic heterocycles. The van der Waals surface area contributed by atoms with Gasteiger partial charge in [0, 0.05) is 44.0 Å². The van der Waals surface area contributed by atoms with E-state index in [9.17, 15) is 33.2 Å². The molecule has 34 heavy (non-hydrogen) atoms. The smallest absolute Gasteiger partial charge is 0.375 e. The monoisotopic (exact) mass is 478 g/mol. The Balaban J connectivity index is 2.19. The van der Waals surface area contributed by atoms with E-state index < -0.39 is 34.7 Å². The second kappa shape index (κ2) is 9.82. The molecule has 1 fully saturated rings. The fraction of sp³-hybridized carbons (Fsp3) is 0.348. The first-order valence-electron chi connectivity index (χ1n) is 10.5. The highest BCUT2D eigenvalue weighted by Gasteiger charge is 2.56. The number of aliphatic hydroxyl groups is 1. The summed E-state index contributed by atoms with van der Waals surface area (Å²) in [4.78, 5) is 23.6. The Labute approximate surface area is 193 Å². The van der Waals surface area contributed by atoms with E-state index in [2.05, 4.69) is 11.9 Å². The van der Waals surface area contributed by atoms with Crippen LogP contribution >= 0.6 is 0 Å². The van der Waals surface area contributed by atoms with Gasteiger partial charge < -0.3 is 15.0 Å². The number of aromatic nitrogens is 1. The topological polar surface area (TPSA) is 101 Å². The summed E-state index contributed by atoms with van der Waals surface area (Å²) in [6.45, 7) is 4.41. The Bertz CT molecular complexity index is 1210. The maximum Gasteiger partial charge on any atom is 0.422 e. The molecular formula is C23H25F3N4O4. The van der Waals surface area contributed by atoms with Crippen molar-refractivity contribution in [2.45, 2.75) is 25.2 Å². The van der Waals surface area contributed by atoms with Crippen molar-refractivity contribution in [1.82, 2.24) is 14.8 Å². The summed E-state index contributed by atoms with van der Waals surface area (Å²) in [6, 6.07) is 8.83. The van der Waals surface area contributed by atoms with Crippen LogP contribution in [0.15, 0.2) is 48.3 Å². The Morgan fingerprint density at radius 3 is 2.56 bits per heavy atom. The molecule has 8 nitrogen and oxygen atoms in total. The van der Waals surface area contributed by atoms with Crippen LogP contribution in [-0.4, -0.2) is 57.8 Å².